The van der Waals surface area contributed by atoms with Gasteiger partial charge in [-0.15, -0.1) is 0 Å². The van der Waals surface area contributed by atoms with E-state index in [9.17, 15) is 4.79 Å². The molecule has 0 heterocycles. The highest BCUT2D eigenvalue weighted by atomic mass is 79.9. The smallest absolute Gasteiger partial charge is 0.262 e. The van der Waals surface area contributed by atoms with Crippen molar-refractivity contribution < 1.29 is 14.3 Å². The van der Waals surface area contributed by atoms with Crippen molar-refractivity contribution in [1.29, 1.82) is 5.26 Å². The lowest BCUT2D eigenvalue weighted by Crippen LogP contribution is -2.20. The van der Waals surface area contributed by atoms with Crippen LogP contribution >= 0.6 is 15.9 Å². The molecule has 130 valence electrons. The molecule has 0 aliphatic heterocycles. The molecule has 2 aromatic rings. The first-order valence-electron chi connectivity index (χ1n) is 7.95. The highest BCUT2D eigenvalue weighted by molar-refractivity contribution is 9.10. The monoisotopic (exact) mass is 402 g/mol. The number of nitrogens with one attached hydrogen (secondary N) is 1. The average molecular weight is 403 g/mol. The van der Waals surface area contributed by atoms with Gasteiger partial charge >= 0.3 is 0 Å². The van der Waals surface area contributed by atoms with Gasteiger partial charge in [0, 0.05) is 11.8 Å². The van der Waals surface area contributed by atoms with Crippen LogP contribution in [0.25, 0.3) is 0 Å². The van der Waals surface area contributed by atoms with Gasteiger partial charge in [-0.05, 0) is 53.0 Å². The molecule has 2 rings (SSSR count). The first kappa shape index (κ1) is 18.8. The number of nitriles is 1. The minimum absolute atomic E-state index is 0.167. The van der Waals surface area contributed by atoms with Crippen LogP contribution in [-0.4, -0.2) is 19.1 Å². The second-order valence-corrected chi connectivity index (χ2v) is 6.07. The number of carbonyl (C=O) groups is 1. The molecule has 0 aliphatic carbocycles. The summed E-state index contributed by atoms with van der Waals surface area (Å²) in [7, 11) is 0. The van der Waals surface area contributed by atoms with Crippen molar-refractivity contribution in [3.63, 3.8) is 0 Å². The van der Waals surface area contributed by atoms with Gasteiger partial charge in [0.15, 0.2) is 18.1 Å². The SMILES string of the molecule is CCOc1cc(C#N)cc(Br)c1OCC(=O)Nc1ccc(CC)cc1. The number of ether oxygens (including phenoxy) is 2. The predicted molar refractivity (Wildman–Crippen MR) is 100.0 cm³/mol. The van der Waals surface area contributed by atoms with Crippen molar-refractivity contribution >= 4 is 27.5 Å². The molecule has 0 radical (unpaired) electrons. The number of nitrogens with zero attached hydrogens (tertiary/aromatic N) is 1. The van der Waals surface area contributed by atoms with Gasteiger partial charge in [-0.25, -0.2) is 0 Å². The molecule has 0 fully saturated rings. The van der Waals surface area contributed by atoms with Crippen molar-refractivity contribution in [2.24, 2.45) is 0 Å². The zero-order valence-electron chi connectivity index (χ0n) is 14.1. The third-order valence-electron chi connectivity index (χ3n) is 3.43. The van der Waals surface area contributed by atoms with E-state index in [0.717, 1.165) is 12.1 Å². The molecule has 0 unspecified atom stereocenters. The van der Waals surface area contributed by atoms with Crippen LogP contribution in [0.3, 0.4) is 0 Å². The number of amides is 1. The highest BCUT2D eigenvalue weighted by Gasteiger charge is 2.14. The summed E-state index contributed by atoms with van der Waals surface area (Å²) < 4.78 is 11.7. The van der Waals surface area contributed by atoms with Gasteiger partial charge < -0.3 is 14.8 Å². The van der Waals surface area contributed by atoms with Crippen molar-refractivity contribution in [1.82, 2.24) is 0 Å². The third-order valence-corrected chi connectivity index (χ3v) is 4.02. The fraction of sp³-hybridized carbons (Fsp3) is 0.263. The topological polar surface area (TPSA) is 71.3 Å². The van der Waals surface area contributed by atoms with Gasteiger partial charge in [-0.1, -0.05) is 19.1 Å². The molecule has 0 atom stereocenters. The Labute approximate surface area is 155 Å². The number of hydrogen-bond donors (Lipinski definition) is 1. The van der Waals surface area contributed by atoms with Crippen molar-refractivity contribution in [2.75, 3.05) is 18.5 Å². The molecule has 0 aromatic heterocycles. The molecule has 1 amide bonds. The van der Waals surface area contributed by atoms with Crippen LogP contribution < -0.4 is 14.8 Å². The quantitative estimate of drug-likeness (QED) is 0.749. The highest BCUT2D eigenvalue weighted by Crippen LogP contribution is 2.36. The van der Waals surface area contributed by atoms with Crippen LogP contribution in [0.5, 0.6) is 11.5 Å². The van der Waals surface area contributed by atoms with Gasteiger partial charge in [-0.3, -0.25) is 4.79 Å². The van der Waals surface area contributed by atoms with Gasteiger partial charge in [0.1, 0.15) is 0 Å². The fourth-order valence-electron chi connectivity index (χ4n) is 2.19. The van der Waals surface area contributed by atoms with Gasteiger partial charge in [0.2, 0.25) is 0 Å². The summed E-state index contributed by atoms with van der Waals surface area (Å²) in [5.74, 6) is 0.550. The number of aryl methyl sites for hydroxylation is 1. The maximum Gasteiger partial charge on any atom is 0.262 e. The van der Waals surface area contributed by atoms with E-state index in [1.807, 2.05) is 31.2 Å². The van der Waals surface area contributed by atoms with Crippen LogP contribution in [0.2, 0.25) is 0 Å². The Morgan fingerprint density at radius 3 is 2.52 bits per heavy atom. The number of benzene rings is 2. The Bertz CT molecular complexity index is 782. The minimum atomic E-state index is -0.275. The Morgan fingerprint density at radius 2 is 1.92 bits per heavy atom. The molecular formula is C19H19BrN2O3. The maximum atomic E-state index is 12.1. The van der Waals surface area contributed by atoms with Crippen LogP contribution in [0.1, 0.15) is 25.0 Å². The zero-order valence-corrected chi connectivity index (χ0v) is 15.7. The standard InChI is InChI=1S/C19H19BrN2O3/c1-3-13-5-7-15(8-6-13)22-18(23)12-25-19-16(20)9-14(11-21)10-17(19)24-4-2/h5-10H,3-4,12H2,1-2H3,(H,22,23). The molecule has 0 saturated carbocycles. The van der Waals surface area contributed by atoms with E-state index in [1.54, 1.807) is 12.1 Å². The molecule has 0 saturated heterocycles. The molecule has 1 N–H and O–H groups in total. The molecule has 0 spiro atoms. The Balaban J connectivity index is 2.04. The summed E-state index contributed by atoms with van der Waals surface area (Å²) in [6.07, 6.45) is 0.949. The molecule has 2 aromatic carbocycles. The molecule has 0 bridgehead atoms. The summed E-state index contributed by atoms with van der Waals surface area (Å²) in [4.78, 5) is 12.1. The van der Waals surface area contributed by atoms with Crippen LogP contribution in [0, 0.1) is 11.3 Å². The van der Waals surface area contributed by atoms with Crippen LogP contribution in [0.15, 0.2) is 40.9 Å². The third kappa shape index (κ3) is 5.23. The van der Waals surface area contributed by atoms with Gasteiger partial charge in [0.05, 0.1) is 22.7 Å². The molecule has 5 nitrogen and oxygen atoms in total. The van der Waals surface area contributed by atoms with E-state index in [1.165, 1.54) is 5.56 Å². The number of carbonyl (C=O) groups excluding carboxylic acids is 1. The lowest BCUT2D eigenvalue weighted by Gasteiger charge is -2.14. The van der Waals surface area contributed by atoms with Crippen LogP contribution in [-0.2, 0) is 11.2 Å². The van der Waals surface area contributed by atoms with E-state index in [4.69, 9.17) is 14.7 Å². The average Bonchev–Trinajstić information content (AvgIpc) is 2.61. The number of rotatable bonds is 7. The van der Waals surface area contributed by atoms with Crippen molar-refractivity contribution in [3.05, 3.63) is 52.0 Å². The van der Waals surface area contributed by atoms with E-state index in [2.05, 4.69) is 34.2 Å². The Hall–Kier alpha value is -2.52. The minimum Gasteiger partial charge on any atom is -0.490 e. The largest absolute Gasteiger partial charge is 0.490 e. The van der Waals surface area contributed by atoms with E-state index >= 15 is 0 Å². The fourth-order valence-corrected chi connectivity index (χ4v) is 2.75. The molecular weight excluding hydrogens is 384 g/mol. The number of halogens is 1. The van der Waals surface area contributed by atoms with Crippen molar-refractivity contribution in [3.8, 4) is 17.6 Å². The summed E-state index contributed by atoms with van der Waals surface area (Å²) in [6, 6.07) is 12.9. The van der Waals surface area contributed by atoms with E-state index < -0.39 is 0 Å². The summed E-state index contributed by atoms with van der Waals surface area (Å²) in [5.41, 5.74) is 2.37. The second-order valence-electron chi connectivity index (χ2n) is 5.22. The van der Waals surface area contributed by atoms with Gasteiger partial charge in [0.25, 0.3) is 5.91 Å². The first-order valence-corrected chi connectivity index (χ1v) is 8.74. The zero-order chi connectivity index (χ0) is 18.2. The number of anilines is 1. The maximum absolute atomic E-state index is 12.1. The Kier molecular flexibility index (Phi) is 6.84. The number of hydrogen-bond acceptors (Lipinski definition) is 4. The summed E-state index contributed by atoms with van der Waals surface area (Å²) >= 11 is 3.35. The summed E-state index contributed by atoms with van der Waals surface area (Å²) in [6.45, 7) is 4.17. The molecule has 0 aliphatic rings. The molecule has 25 heavy (non-hydrogen) atoms. The summed E-state index contributed by atoms with van der Waals surface area (Å²) in [5, 5.41) is 11.8. The van der Waals surface area contributed by atoms with E-state index in [0.29, 0.717) is 28.1 Å². The Morgan fingerprint density at radius 1 is 1.20 bits per heavy atom. The molecule has 6 heteroatoms. The predicted octanol–water partition coefficient (Wildman–Crippen LogP) is 4.30. The van der Waals surface area contributed by atoms with Crippen LogP contribution in [0.4, 0.5) is 5.69 Å². The first-order chi connectivity index (χ1) is 12.1. The normalized spacial score (nSPS) is 10.0. The van der Waals surface area contributed by atoms with E-state index in [-0.39, 0.29) is 12.5 Å². The lowest BCUT2D eigenvalue weighted by molar-refractivity contribution is -0.118. The van der Waals surface area contributed by atoms with Crippen molar-refractivity contribution in [2.45, 2.75) is 20.3 Å². The second kappa shape index (κ2) is 9.09. The van der Waals surface area contributed by atoms with Gasteiger partial charge in [-0.2, -0.15) is 5.26 Å². The lowest BCUT2D eigenvalue weighted by atomic mass is 10.1.